The van der Waals surface area contributed by atoms with Crippen LogP contribution in [0.1, 0.15) is 48.0 Å². The smallest absolute Gasteiger partial charge is 0.251 e. The molecule has 2 aromatic carbocycles. The molecule has 9 heteroatoms. The molecule has 2 aliphatic heterocycles. The Morgan fingerprint density at radius 3 is 2.29 bits per heavy atom. The van der Waals surface area contributed by atoms with E-state index in [9.17, 15) is 4.79 Å². The van der Waals surface area contributed by atoms with Crippen LogP contribution in [0.4, 0.5) is 5.82 Å². The molecule has 0 radical (unpaired) electrons. The number of benzene rings is 2. The fourth-order valence-corrected chi connectivity index (χ4v) is 5.96. The largest absolute Gasteiger partial charge is 0.379 e. The van der Waals surface area contributed by atoms with Crippen LogP contribution in [0.5, 0.6) is 0 Å². The molecule has 1 amide bonds. The molecule has 224 valence electrons. The number of carbonyl (C=O) groups is 1. The van der Waals surface area contributed by atoms with E-state index < -0.39 is 0 Å². The van der Waals surface area contributed by atoms with Crippen LogP contribution in [0, 0.1) is 0 Å². The second kappa shape index (κ2) is 14.5. The molecule has 0 atom stereocenters. The van der Waals surface area contributed by atoms with E-state index in [0.29, 0.717) is 12.1 Å². The quantitative estimate of drug-likeness (QED) is 0.275. The lowest BCUT2D eigenvalue weighted by Crippen LogP contribution is -2.46. The van der Waals surface area contributed by atoms with Crippen molar-refractivity contribution in [3.63, 3.8) is 0 Å². The highest BCUT2D eigenvalue weighted by atomic mass is 32.2. The van der Waals surface area contributed by atoms with Crippen LogP contribution in [-0.2, 0) is 22.4 Å². The molecule has 0 spiro atoms. The molecule has 8 nitrogen and oxygen atoms in total. The molecule has 0 bridgehead atoms. The maximum absolute atomic E-state index is 12.6. The highest BCUT2D eigenvalue weighted by molar-refractivity contribution is 7.98. The Bertz CT molecular complexity index is 1280. The Kier molecular flexibility index (Phi) is 10.5. The van der Waals surface area contributed by atoms with E-state index in [-0.39, 0.29) is 11.3 Å². The Balaban J connectivity index is 1.16. The molecular formula is C33H44N6O2S. The van der Waals surface area contributed by atoms with E-state index in [4.69, 9.17) is 14.7 Å². The number of ether oxygens (including phenoxy) is 1. The van der Waals surface area contributed by atoms with E-state index in [1.807, 2.05) is 24.3 Å². The normalized spacial score (nSPS) is 16.9. The second-order valence-corrected chi connectivity index (χ2v) is 13.0. The van der Waals surface area contributed by atoms with Crippen molar-refractivity contribution in [1.29, 1.82) is 0 Å². The van der Waals surface area contributed by atoms with E-state index in [2.05, 4.69) is 77.2 Å². The minimum absolute atomic E-state index is 0.0304. The first-order valence-electron chi connectivity index (χ1n) is 15.0. The number of hydrogen-bond acceptors (Lipinski definition) is 8. The summed E-state index contributed by atoms with van der Waals surface area (Å²) in [5.74, 6) is 1.73. The zero-order valence-electron chi connectivity index (χ0n) is 25.2. The molecule has 2 saturated heterocycles. The number of rotatable bonds is 10. The fraction of sp³-hybridized carbons (Fsp3) is 0.485. The summed E-state index contributed by atoms with van der Waals surface area (Å²) in [6.07, 6.45) is 0. The Hall–Kier alpha value is -2.98. The molecule has 1 N–H and O–H groups in total. The first-order chi connectivity index (χ1) is 20.3. The fourth-order valence-electron chi connectivity index (χ4n) is 5.15. The molecule has 5 rings (SSSR count). The van der Waals surface area contributed by atoms with Gasteiger partial charge in [0.05, 0.1) is 18.9 Å². The number of aromatic nitrogens is 2. The van der Waals surface area contributed by atoms with Crippen molar-refractivity contribution >= 4 is 23.5 Å². The van der Waals surface area contributed by atoms with Gasteiger partial charge in [0.2, 0.25) is 0 Å². The molecule has 2 aliphatic rings. The van der Waals surface area contributed by atoms with Crippen LogP contribution >= 0.6 is 11.8 Å². The van der Waals surface area contributed by atoms with E-state index in [0.717, 1.165) is 93.6 Å². The number of amides is 1. The lowest BCUT2D eigenvalue weighted by molar-refractivity contribution is 0.0383. The van der Waals surface area contributed by atoms with Crippen molar-refractivity contribution in [3.05, 3.63) is 83.0 Å². The van der Waals surface area contributed by atoms with Crippen LogP contribution in [0.3, 0.4) is 0 Å². The van der Waals surface area contributed by atoms with Gasteiger partial charge < -0.3 is 15.0 Å². The van der Waals surface area contributed by atoms with Crippen molar-refractivity contribution in [3.8, 4) is 0 Å². The van der Waals surface area contributed by atoms with Crippen molar-refractivity contribution in [1.82, 2.24) is 25.1 Å². The van der Waals surface area contributed by atoms with Gasteiger partial charge in [-0.1, -0.05) is 75.0 Å². The van der Waals surface area contributed by atoms with Gasteiger partial charge in [-0.15, -0.1) is 0 Å². The number of nitrogens with zero attached hydrogens (tertiary/aromatic N) is 5. The number of nitrogens with one attached hydrogen (secondary N) is 1. The Morgan fingerprint density at radius 1 is 0.881 bits per heavy atom. The summed E-state index contributed by atoms with van der Waals surface area (Å²) in [6, 6.07) is 20.7. The van der Waals surface area contributed by atoms with Gasteiger partial charge in [0.1, 0.15) is 5.82 Å². The van der Waals surface area contributed by atoms with Gasteiger partial charge in [-0.25, -0.2) is 9.97 Å². The summed E-state index contributed by atoms with van der Waals surface area (Å²) in [5, 5.41) is 3.84. The third-order valence-electron chi connectivity index (χ3n) is 7.81. The van der Waals surface area contributed by atoms with Crippen LogP contribution in [0.25, 0.3) is 0 Å². The van der Waals surface area contributed by atoms with Gasteiger partial charge in [-0.3, -0.25) is 14.6 Å². The zero-order chi connectivity index (χ0) is 29.4. The van der Waals surface area contributed by atoms with E-state index >= 15 is 0 Å². The molecule has 0 aliphatic carbocycles. The summed E-state index contributed by atoms with van der Waals surface area (Å²) < 4.78 is 5.39. The van der Waals surface area contributed by atoms with Crippen LogP contribution in [0.15, 0.2) is 65.8 Å². The molecular weight excluding hydrogens is 544 g/mol. The maximum atomic E-state index is 12.6. The average Bonchev–Trinajstić information content (AvgIpc) is 3.01. The minimum Gasteiger partial charge on any atom is -0.379 e. The van der Waals surface area contributed by atoms with Gasteiger partial charge >= 0.3 is 0 Å². The van der Waals surface area contributed by atoms with Crippen molar-refractivity contribution in [2.45, 2.75) is 43.6 Å². The van der Waals surface area contributed by atoms with Gasteiger partial charge in [0, 0.05) is 81.7 Å². The molecule has 2 fully saturated rings. The van der Waals surface area contributed by atoms with Crippen LogP contribution < -0.4 is 10.2 Å². The predicted molar refractivity (Wildman–Crippen MR) is 170 cm³/mol. The van der Waals surface area contributed by atoms with Gasteiger partial charge in [-0.05, 0) is 23.3 Å². The summed E-state index contributed by atoms with van der Waals surface area (Å²) in [5.41, 5.74) is 4.18. The topological polar surface area (TPSA) is 73.8 Å². The monoisotopic (exact) mass is 588 g/mol. The molecule has 42 heavy (non-hydrogen) atoms. The van der Waals surface area contributed by atoms with Crippen molar-refractivity contribution in [2.24, 2.45) is 0 Å². The highest BCUT2D eigenvalue weighted by Gasteiger charge is 2.23. The lowest BCUT2D eigenvalue weighted by Gasteiger charge is -2.36. The number of carbonyl (C=O) groups excluding carboxylic acids is 1. The SMILES string of the molecule is CC(C)(C)c1cc(N2CCN(Cc3ccccc3)CC2)nc(SCc2ccc(C(=O)NCCN3CCOCC3)cc2)n1. The summed E-state index contributed by atoms with van der Waals surface area (Å²) >= 11 is 1.65. The maximum Gasteiger partial charge on any atom is 0.251 e. The van der Waals surface area contributed by atoms with Crippen molar-refractivity contribution in [2.75, 3.05) is 70.5 Å². The zero-order valence-corrected chi connectivity index (χ0v) is 26.0. The van der Waals surface area contributed by atoms with Gasteiger partial charge in [0.25, 0.3) is 5.91 Å². The third-order valence-corrected chi connectivity index (χ3v) is 8.73. The average molecular weight is 589 g/mol. The highest BCUT2D eigenvalue weighted by Crippen LogP contribution is 2.29. The summed E-state index contributed by atoms with van der Waals surface area (Å²) in [6.45, 7) is 16.4. The standard InChI is InChI=1S/C33H44N6O2S/c1-33(2,3)29-23-30(39-17-15-38(16-18-39)24-26-7-5-4-6-8-26)36-32(35-29)42-25-27-9-11-28(12-10-27)31(40)34-13-14-37-19-21-41-22-20-37/h4-12,23H,13-22,24-25H2,1-3H3,(H,34,40). The Morgan fingerprint density at radius 2 is 1.60 bits per heavy atom. The van der Waals surface area contributed by atoms with Crippen molar-refractivity contribution < 1.29 is 9.53 Å². The first kappa shape index (κ1) is 30.5. The van der Waals surface area contributed by atoms with Gasteiger partial charge in [-0.2, -0.15) is 0 Å². The Labute approximate surface area is 254 Å². The molecule has 1 aromatic heterocycles. The third kappa shape index (κ3) is 8.77. The predicted octanol–water partition coefficient (Wildman–Crippen LogP) is 4.45. The van der Waals surface area contributed by atoms with Crippen LogP contribution in [-0.4, -0.2) is 91.2 Å². The number of morpholine rings is 1. The molecule has 3 aromatic rings. The molecule has 3 heterocycles. The number of anilines is 1. The molecule has 0 saturated carbocycles. The van der Waals surface area contributed by atoms with Gasteiger partial charge in [0.15, 0.2) is 5.16 Å². The molecule has 0 unspecified atom stereocenters. The summed E-state index contributed by atoms with van der Waals surface area (Å²) in [4.78, 5) is 29.8. The van der Waals surface area contributed by atoms with E-state index in [1.54, 1.807) is 11.8 Å². The minimum atomic E-state index is -0.0705. The number of hydrogen-bond donors (Lipinski definition) is 1. The number of piperazine rings is 1. The number of thioether (sulfide) groups is 1. The van der Waals surface area contributed by atoms with Crippen LogP contribution in [0.2, 0.25) is 0 Å². The lowest BCUT2D eigenvalue weighted by atomic mass is 9.92. The summed E-state index contributed by atoms with van der Waals surface area (Å²) in [7, 11) is 0. The first-order valence-corrected chi connectivity index (χ1v) is 16.0. The van der Waals surface area contributed by atoms with E-state index in [1.165, 1.54) is 5.56 Å². The second-order valence-electron chi connectivity index (χ2n) is 12.1.